The number of hydrogen-bond acceptors (Lipinski definition) is 8. The highest BCUT2D eigenvalue weighted by Crippen LogP contribution is 2.38. The second-order valence-corrected chi connectivity index (χ2v) is 7.72. The molecule has 1 N–H and O–H groups in total. The van der Waals surface area contributed by atoms with E-state index in [1.807, 2.05) is 0 Å². The topological polar surface area (TPSA) is 99.6 Å². The predicted molar refractivity (Wildman–Crippen MR) is 117 cm³/mol. The van der Waals surface area contributed by atoms with Gasteiger partial charge in [-0.3, -0.25) is 0 Å². The second kappa shape index (κ2) is 8.84. The number of aromatic nitrogens is 5. The normalized spacial score (nSPS) is 12.7. The van der Waals surface area contributed by atoms with Crippen LogP contribution in [-0.2, 0) is 6.42 Å². The molecule has 1 atom stereocenters. The average Bonchev–Trinajstić information content (AvgIpc) is 3.34. The number of hydrogen-bond donors (Lipinski definition) is 1. The van der Waals surface area contributed by atoms with Crippen LogP contribution < -0.4 is 14.8 Å². The number of aryl methyl sites for hydroxylation is 3. The number of alkyl halides is 3. The fourth-order valence-electron chi connectivity index (χ4n) is 3.69. The minimum absolute atomic E-state index is 0.116. The molecule has 0 spiro atoms. The lowest BCUT2D eigenvalue weighted by Gasteiger charge is -2.21. The average molecular weight is 476 g/mol. The van der Waals surface area contributed by atoms with Crippen molar-refractivity contribution in [2.45, 2.75) is 39.4 Å². The maximum atomic E-state index is 13.9. The summed E-state index contributed by atoms with van der Waals surface area (Å²) in [6.07, 6.45) is -5.12. The summed E-state index contributed by atoms with van der Waals surface area (Å²) in [5, 5.41) is 10.6. The van der Waals surface area contributed by atoms with Crippen LogP contribution in [0, 0.1) is 20.8 Å². The molecule has 0 radical (unpaired) electrons. The summed E-state index contributed by atoms with van der Waals surface area (Å²) in [6.45, 7) is 5.00. The minimum Gasteiger partial charge on any atom is -0.497 e. The molecule has 0 aliphatic carbocycles. The molecule has 0 unspecified atom stereocenters. The van der Waals surface area contributed by atoms with Crippen LogP contribution in [0.2, 0.25) is 0 Å². The second-order valence-electron chi connectivity index (χ2n) is 7.72. The van der Waals surface area contributed by atoms with Crippen LogP contribution >= 0.6 is 0 Å². The number of methoxy groups -OCH3 is 2. The Morgan fingerprint density at radius 3 is 2.47 bits per heavy atom. The first-order valence-corrected chi connectivity index (χ1v) is 10.3. The summed E-state index contributed by atoms with van der Waals surface area (Å²) in [5.74, 6) is 1.40. The Morgan fingerprint density at radius 1 is 1.09 bits per heavy atom. The smallest absolute Gasteiger partial charge is 0.409 e. The maximum absolute atomic E-state index is 13.9. The fourth-order valence-corrected chi connectivity index (χ4v) is 3.69. The zero-order chi connectivity index (χ0) is 24.6. The molecule has 4 rings (SSSR count). The third kappa shape index (κ3) is 4.47. The van der Waals surface area contributed by atoms with Crippen molar-refractivity contribution in [2.24, 2.45) is 0 Å². The van der Waals surface area contributed by atoms with Gasteiger partial charge in [-0.1, -0.05) is 5.16 Å². The maximum Gasteiger partial charge on any atom is 0.409 e. The summed E-state index contributed by atoms with van der Waals surface area (Å²) in [6, 6.07) is 4.81. The van der Waals surface area contributed by atoms with E-state index < -0.39 is 18.6 Å². The van der Waals surface area contributed by atoms with E-state index in [2.05, 4.69) is 25.5 Å². The Hall–Kier alpha value is -3.83. The van der Waals surface area contributed by atoms with Gasteiger partial charge in [0.05, 0.1) is 31.9 Å². The van der Waals surface area contributed by atoms with Gasteiger partial charge in [0.1, 0.15) is 23.4 Å². The minimum atomic E-state index is -4.59. The van der Waals surface area contributed by atoms with Crippen molar-refractivity contribution in [1.29, 1.82) is 0 Å². The first-order chi connectivity index (χ1) is 16.1. The van der Waals surface area contributed by atoms with Crippen molar-refractivity contribution in [3.8, 4) is 22.6 Å². The molecular weight excluding hydrogens is 453 g/mol. The van der Waals surface area contributed by atoms with Gasteiger partial charge in [-0.25, -0.2) is 4.98 Å². The van der Waals surface area contributed by atoms with Gasteiger partial charge in [0.2, 0.25) is 5.89 Å². The Bertz CT molecular complexity index is 1330. The highest BCUT2D eigenvalue weighted by atomic mass is 19.4. The lowest BCUT2D eigenvalue weighted by atomic mass is 10.0. The van der Waals surface area contributed by atoms with Gasteiger partial charge in [-0.2, -0.15) is 27.8 Å². The molecule has 4 aromatic rings. The van der Waals surface area contributed by atoms with E-state index in [9.17, 15) is 13.2 Å². The van der Waals surface area contributed by atoms with Crippen molar-refractivity contribution >= 4 is 11.5 Å². The molecule has 34 heavy (non-hydrogen) atoms. The van der Waals surface area contributed by atoms with Crippen LogP contribution in [0.15, 0.2) is 28.8 Å². The van der Waals surface area contributed by atoms with Gasteiger partial charge in [-0.15, -0.1) is 0 Å². The molecule has 9 nitrogen and oxygen atoms in total. The molecule has 1 aromatic carbocycles. The first kappa shape index (κ1) is 23.3. The van der Waals surface area contributed by atoms with E-state index in [0.29, 0.717) is 39.7 Å². The highest BCUT2D eigenvalue weighted by Gasteiger charge is 2.41. The summed E-state index contributed by atoms with van der Waals surface area (Å²) >= 11 is 0. The number of fused-ring (bicyclic) bond motifs is 1. The lowest BCUT2D eigenvalue weighted by Crippen LogP contribution is -2.39. The lowest BCUT2D eigenvalue weighted by molar-refractivity contribution is -0.143. The van der Waals surface area contributed by atoms with E-state index in [1.165, 1.54) is 17.7 Å². The van der Waals surface area contributed by atoms with Crippen LogP contribution in [-0.4, -0.2) is 51.2 Å². The van der Waals surface area contributed by atoms with Gasteiger partial charge in [0, 0.05) is 23.4 Å². The van der Waals surface area contributed by atoms with Crippen LogP contribution in [0.1, 0.15) is 23.1 Å². The molecule has 0 amide bonds. The zero-order valence-corrected chi connectivity index (χ0v) is 19.2. The SMILES string of the molecule is COc1ccc(-c2c(C)nn3c(N[C@@H](Cc4nc(C)no4)C(F)(F)F)cc(C)nc23)c(OC)c1. The summed E-state index contributed by atoms with van der Waals surface area (Å²) in [4.78, 5) is 8.46. The van der Waals surface area contributed by atoms with Crippen molar-refractivity contribution < 1.29 is 27.2 Å². The van der Waals surface area contributed by atoms with Crippen molar-refractivity contribution in [3.05, 3.63) is 47.4 Å². The molecular formula is C22H23F3N6O3. The Labute approximate surface area is 192 Å². The molecule has 3 aromatic heterocycles. The summed E-state index contributed by atoms with van der Waals surface area (Å²) in [7, 11) is 3.07. The molecule has 3 heterocycles. The molecule has 0 saturated carbocycles. The third-order valence-electron chi connectivity index (χ3n) is 5.24. The van der Waals surface area contributed by atoms with E-state index in [1.54, 1.807) is 46.1 Å². The third-order valence-corrected chi connectivity index (χ3v) is 5.24. The molecule has 180 valence electrons. The van der Waals surface area contributed by atoms with Crippen LogP contribution in [0.3, 0.4) is 0 Å². The number of halogens is 3. The fraction of sp³-hybridized carbons (Fsp3) is 0.364. The van der Waals surface area contributed by atoms with E-state index in [-0.39, 0.29) is 17.5 Å². The number of anilines is 1. The Morgan fingerprint density at radius 2 is 1.85 bits per heavy atom. The van der Waals surface area contributed by atoms with Gasteiger partial charge in [-0.05, 0) is 32.9 Å². The summed E-state index contributed by atoms with van der Waals surface area (Å²) < 4.78 is 58.7. The zero-order valence-electron chi connectivity index (χ0n) is 19.2. The van der Waals surface area contributed by atoms with E-state index in [4.69, 9.17) is 14.0 Å². The molecule has 0 aliphatic heterocycles. The molecule has 0 bridgehead atoms. The standard InChI is InChI=1S/C22H23F3N6O3/c1-11-8-18(28-17(22(23,24)25)10-19-27-13(3)30-34-19)31-21(26-11)20(12(2)29-31)15-7-6-14(32-4)9-16(15)33-5/h6-9,17,28H,10H2,1-5H3/t17-/m0/s1. The van der Waals surface area contributed by atoms with Gasteiger partial charge in [0.15, 0.2) is 11.5 Å². The Kier molecular flexibility index (Phi) is 6.07. The first-order valence-electron chi connectivity index (χ1n) is 10.3. The molecule has 0 aliphatic rings. The van der Waals surface area contributed by atoms with Crippen LogP contribution in [0.4, 0.5) is 19.0 Å². The number of nitrogens with one attached hydrogen (secondary N) is 1. The Balaban J connectivity index is 1.81. The number of ether oxygens (including phenoxy) is 2. The predicted octanol–water partition coefficient (Wildman–Crippen LogP) is 4.31. The number of rotatable bonds is 7. The van der Waals surface area contributed by atoms with Crippen molar-refractivity contribution in [3.63, 3.8) is 0 Å². The van der Waals surface area contributed by atoms with Gasteiger partial charge < -0.3 is 19.3 Å². The largest absolute Gasteiger partial charge is 0.497 e. The van der Waals surface area contributed by atoms with E-state index in [0.717, 1.165) is 0 Å². The summed E-state index contributed by atoms with van der Waals surface area (Å²) in [5.41, 5.74) is 2.80. The molecule has 12 heteroatoms. The monoisotopic (exact) mass is 476 g/mol. The number of benzene rings is 1. The van der Waals surface area contributed by atoms with E-state index >= 15 is 0 Å². The molecule has 0 saturated heterocycles. The van der Waals surface area contributed by atoms with Crippen molar-refractivity contribution in [2.75, 3.05) is 19.5 Å². The quantitative estimate of drug-likeness (QED) is 0.421. The van der Waals surface area contributed by atoms with Gasteiger partial charge >= 0.3 is 6.18 Å². The van der Waals surface area contributed by atoms with Crippen molar-refractivity contribution in [1.82, 2.24) is 24.7 Å². The van der Waals surface area contributed by atoms with Crippen LogP contribution in [0.5, 0.6) is 11.5 Å². The molecule has 0 fully saturated rings. The number of nitrogens with zero attached hydrogens (tertiary/aromatic N) is 5. The highest BCUT2D eigenvalue weighted by molar-refractivity contribution is 5.85. The van der Waals surface area contributed by atoms with Crippen LogP contribution in [0.25, 0.3) is 16.8 Å². The van der Waals surface area contributed by atoms with Gasteiger partial charge in [0.25, 0.3) is 0 Å².